The molecule has 0 fully saturated rings. The van der Waals surface area contributed by atoms with Crippen LogP contribution in [0.1, 0.15) is 48.7 Å². The van der Waals surface area contributed by atoms with Crippen LogP contribution in [0.4, 0.5) is 5.69 Å². The fourth-order valence-corrected chi connectivity index (χ4v) is 2.29. The highest BCUT2D eigenvalue weighted by Crippen LogP contribution is 2.26. The monoisotopic (exact) mass is 281 g/mol. The molecule has 110 valence electrons. The minimum Gasteiger partial charge on any atom is -0.399 e. The van der Waals surface area contributed by atoms with Gasteiger partial charge in [-0.15, -0.1) is 0 Å². The van der Waals surface area contributed by atoms with E-state index in [1.807, 2.05) is 42.5 Å². The van der Waals surface area contributed by atoms with Crippen LogP contribution >= 0.6 is 0 Å². The van der Waals surface area contributed by atoms with Crippen LogP contribution < -0.4 is 5.73 Å². The summed E-state index contributed by atoms with van der Waals surface area (Å²) in [5.74, 6) is 0.150. The molecule has 2 nitrogen and oxygen atoms in total. The smallest absolute Gasteiger partial charge is 0.163 e. The van der Waals surface area contributed by atoms with Crippen LogP contribution in [-0.2, 0) is 11.8 Å². The summed E-state index contributed by atoms with van der Waals surface area (Å²) in [6.07, 6.45) is 1.27. The van der Waals surface area contributed by atoms with Crippen LogP contribution in [0.2, 0.25) is 0 Å². The molecule has 0 saturated carbocycles. The Morgan fingerprint density at radius 2 is 1.71 bits per heavy atom. The van der Waals surface area contributed by atoms with Crippen LogP contribution in [0.25, 0.3) is 0 Å². The van der Waals surface area contributed by atoms with Crippen molar-refractivity contribution in [2.24, 2.45) is 0 Å². The van der Waals surface area contributed by atoms with Gasteiger partial charge in [0.2, 0.25) is 0 Å². The van der Waals surface area contributed by atoms with Crippen molar-refractivity contribution < 1.29 is 4.79 Å². The highest BCUT2D eigenvalue weighted by molar-refractivity contribution is 5.97. The number of benzene rings is 2. The second-order valence-corrected chi connectivity index (χ2v) is 6.50. The number of carbonyl (C=O) groups is 1. The maximum absolute atomic E-state index is 12.4. The van der Waals surface area contributed by atoms with E-state index in [0.29, 0.717) is 12.1 Å². The molecule has 2 heteroatoms. The van der Waals surface area contributed by atoms with Gasteiger partial charge >= 0.3 is 0 Å². The van der Waals surface area contributed by atoms with Crippen molar-refractivity contribution in [1.29, 1.82) is 0 Å². The Kier molecular flexibility index (Phi) is 4.46. The van der Waals surface area contributed by atoms with E-state index in [2.05, 4.69) is 20.8 Å². The molecular formula is C19H23NO. The Morgan fingerprint density at radius 3 is 2.33 bits per heavy atom. The third-order valence-corrected chi connectivity index (χ3v) is 3.63. The van der Waals surface area contributed by atoms with Gasteiger partial charge in [-0.05, 0) is 41.2 Å². The number of ketones is 1. The summed E-state index contributed by atoms with van der Waals surface area (Å²) in [5.41, 5.74) is 9.60. The molecule has 21 heavy (non-hydrogen) atoms. The topological polar surface area (TPSA) is 43.1 Å². The standard InChI is InChI=1S/C19H23NO/c1-19(2,3)16-11-15(12-17(20)13-16)18(21)10-9-14-7-5-4-6-8-14/h4-8,11-13H,9-10,20H2,1-3H3. The molecule has 0 bridgehead atoms. The minimum atomic E-state index is -0.0101. The van der Waals surface area contributed by atoms with E-state index in [-0.39, 0.29) is 11.2 Å². The predicted octanol–water partition coefficient (Wildman–Crippen LogP) is 4.38. The second kappa shape index (κ2) is 6.13. The van der Waals surface area contributed by atoms with Crippen molar-refractivity contribution >= 4 is 11.5 Å². The summed E-state index contributed by atoms with van der Waals surface area (Å²) in [4.78, 5) is 12.4. The number of nitrogen functional groups attached to an aromatic ring is 1. The summed E-state index contributed by atoms with van der Waals surface area (Å²) in [6, 6.07) is 15.8. The van der Waals surface area contributed by atoms with E-state index >= 15 is 0 Å². The maximum atomic E-state index is 12.4. The number of carbonyl (C=O) groups excluding carboxylic acids is 1. The number of anilines is 1. The van der Waals surface area contributed by atoms with E-state index in [4.69, 9.17) is 5.73 Å². The molecule has 0 aromatic heterocycles. The fourth-order valence-electron chi connectivity index (χ4n) is 2.29. The molecule has 2 N–H and O–H groups in total. The molecule has 0 atom stereocenters. The summed E-state index contributed by atoms with van der Waals surface area (Å²) >= 11 is 0. The molecule has 0 unspecified atom stereocenters. The Hall–Kier alpha value is -2.09. The summed E-state index contributed by atoms with van der Waals surface area (Å²) in [6.45, 7) is 6.37. The molecule has 0 radical (unpaired) electrons. The molecule has 0 aliphatic heterocycles. The first-order chi connectivity index (χ1) is 9.86. The lowest BCUT2D eigenvalue weighted by Crippen LogP contribution is -2.13. The second-order valence-electron chi connectivity index (χ2n) is 6.50. The Labute approximate surface area is 127 Å². The normalized spacial score (nSPS) is 11.4. The number of nitrogens with two attached hydrogens (primary N) is 1. The molecule has 0 amide bonds. The van der Waals surface area contributed by atoms with Gasteiger partial charge in [-0.1, -0.05) is 51.1 Å². The molecular weight excluding hydrogens is 258 g/mol. The molecule has 2 aromatic rings. The number of hydrogen-bond acceptors (Lipinski definition) is 2. The lowest BCUT2D eigenvalue weighted by Gasteiger charge is -2.20. The van der Waals surface area contributed by atoms with E-state index in [1.165, 1.54) is 5.56 Å². The van der Waals surface area contributed by atoms with E-state index in [0.717, 1.165) is 17.5 Å². The Balaban J connectivity index is 2.14. The molecule has 2 aromatic carbocycles. The predicted molar refractivity (Wildman–Crippen MR) is 88.6 cm³/mol. The lowest BCUT2D eigenvalue weighted by molar-refractivity contribution is 0.0982. The summed E-state index contributed by atoms with van der Waals surface area (Å²) in [7, 11) is 0. The Morgan fingerprint density at radius 1 is 1.05 bits per heavy atom. The van der Waals surface area contributed by atoms with Gasteiger partial charge < -0.3 is 5.73 Å². The first kappa shape index (κ1) is 15.3. The molecule has 0 aliphatic rings. The Bertz CT molecular complexity index is 624. The van der Waals surface area contributed by atoms with Gasteiger partial charge in [0, 0.05) is 17.7 Å². The van der Waals surface area contributed by atoms with Crippen LogP contribution in [0.5, 0.6) is 0 Å². The highest BCUT2D eigenvalue weighted by atomic mass is 16.1. The number of hydrogen-bond donors (Lipinski definition) is 1. The van der Waals surface area contributed by atoms with Gasteiger partial charge in [0.15, 0.2) is 5.78 Å². The summed E-state index contributed by atoms with van der Waals surface area (Å²) < 4.78 is 0. The fraction of sp³-hybridized carbons (Fsp3) is 0.316. The maximum Gasteiger partial charge on any atom is 0.163 e. The van der Waals surface area contributed by atoms with E-state index < -0.39 is 0 Å². The average molecular weight is 281 g/mol. The summed E-state index contributed by atoms with van der Waals surface area (Å²) in [5, 5.41) is 0. The largest absolute Gasteiger partial charge is 0.399 e. The SMILES string of the molecule is CC(C)(C)c1cc(N)cc(C(=O)CCc2ccccc2)c1. The third kappa shape index (κ3) is 4.19. The zero-order chi connectivity index (χ0) is 15.5. The van der Waals surface area contributed by atoms with Gasteiger partial charge in [-0.3, -0.25) is 4.79 Å². The zero-order valence-electron chi connectivity index (χ0n) is 13.0. The van der Waals surface area contributed by atoms with Crippen LogP contribution in [0.15, 0.2) is 48.5 Å². The van der Waals surface area contributed by atoms with Crippen molar-refractivity contribution in [1.82, 2.24) is 0 Å². The van der Waals surface area contributed by atoms with Gasteiger partial charge in [0.05, 0.1) is 0 Å². The third-order valence-electron chi connectivity index (χ3n) is 3.63. The molecule has 0 saturated heterocycles. The minimum absolute atomic E-state index is 0.0101. The highest BCUT2D eigenvalue weighted by Gasteiger charge is 2.17. The molecule has 0 aliphatic carbocycles. The van der Waals surface area contributed by atoms with Gasteiger partial charge in [0.25, 0.3) is 0 Å². The zero-order valence-corrected chi connectivity index (χ0v) is 13.0. The number of rotatable bonds is 4. The van der Waals surface area contributed by atoms with Crippen LogP contribution in [-0.4, -0.2) is 5.78 Å². The van der Waals surface area contributed by atoms with E-state index in [9.17, 15) is 4.79 Å². The van der Waals surface area contributed by atoms with Gasteiger partial charge in [-0.2, -0.15) is 0 Å². The number of Topliss-reactive ketones (excluding diaryl/α,β-unsaturated/α-hetero) is 1. The lowest BCUT2D eigenvalue weighted by atomic mass is 9.85. The quantitative estimate of drug-likeness (QED) is 0.667. The van der Waals surface area contributed by atoms with Crippen molar-refractivity contribution in [3.63, 3.8) is 0 Å². The number of aryl methyl sites for hydroxylation is 1. The average Bonchev–Trinajstić information content (AvgIpc) is 2.44. The van der Waals surface area contributed by atoms with Gasteiger partial charge in [-0.25, -0.2) is 0 Å². The molecule has 0 heterocycles. The first-order valence-electron chi connectivity index (χ1n) is 7.34. The van der Waals surface area contributed by atoms with Crippen LogP contribution in [0, 0.1) is 0 Å². The van der Waals surface area contributed by atoms with Crippen LogP contribution in [0.3, 0.4) is 0 Å². The van der Waals surface area contributed by atoms with Crippen molar-refractivity contribution in [3.8, 4) is 0 Å². The van der Waals surface area contributed by atoms with Gasteiger partial charge in [0.1, 0.15) is 0 Å². The molecule has 2 rings (SSSR count). The first-order valence-corrected chi connectivity index (χ1v) is 7.34. The van der Waals surface area contributed by atoms with Crippen molar-refractivity contribution in [2.75, 3.05) is 5.73 Å². The van der Waals surface area contributed by atoms with Crippen molar-refractivity contribution in [2.45, 2.75) is 39.0 Å². The van der Waals surface area contributed by atoms with E-state index in [1.54, 1.807) is 6.07 Å². The van der Waals surface area contributed by atoms with Crippen molar-refractivity contribution in [3.05, 3.63) is 65.2 Å². The molecule has 0 spiro atoms.